The summed E-state index contributed by atoms with van der Waals surface area (Å²) in [6.45, 7) is 0. The summed E-state index contributed by atoms with van der Waals surface area (Å²) in [6.07, 6.45) is 0. The molecule has 23 heavy (non-hydrogen) atoms. The number of phenolic OH excluding ortho intramolecular Hbond substituents is 1. The van der Waals surface area contributed by atoms with Gasteiger partial charge in [-0.1, -0.05) is 48.5 Å². The summed E-state index contributed by atoms with van der Waals surface area (Å²) < 4.78 is 0.635. The Kier molecular flexibility index (Phi) is 4.17. The Labute approximate surface area is 142 Å². The number of carboxylic acid groups (broad SMARTS) is 1. The maximum absolute atomic E-state index is 11.3. The van der Waals surface area contributed by atoms with Gasteiger partial charge in [-0.15, -0.1) is 0 Å². The number of aromatic hydroxyl groups is 1. The first-order valence-corrected chi connectivity index (χ1v) is 7.77. The highest BCUT2D eigenvalue weighted by molar-refractivity contribution is 9.10. The Morgan fingerprint density at radius 3 is 2.09 bits per heavy atom. The van der Waals surface area contributed by atoms with Gasteiger partial charge in [-0.25, -0.2) is 4.79 Å². The SMILES string of the molecule is O=C(O)c1ccccc1-c1ccc(-c2ccc(O)c(Br)c2)cc1. The van der Waals surface area contributed by atoms with Gasteiger partial charge in [0.05, 0.1) is 10.0 Å². The molecule has 3 rings (SSSR count). The molecule has 0 fully saturated rings. The molecule has 0 radical (unpaired) electrons. The summed E-state index contributed by atoms with van der Waals surface area (Å²) in [5, 5.41) is 18.9. The van der Waals surface area contributed by atoms with Crippen molar-refractivity contribution in [1.82, 2.24) is 0 Å². The zero-order valence-electron chi connectivity index (χ0n) is 12.0. The lowest BCUT2D eigenvalue weighted by atomic mass is 9.97. The van der Waals surface area contributed by atoms with Crippen LogP contribution in [-0.4, -0.2) is 16.2 Å². The molecule has 4 heteroatoms. The monoisotopic (exact) mass is 368 g/mol. The Hall–Kier alpha value is -2.59. The van der Waals surface area contributed by atoms with E-state index in [-0.39, 0.29) is 11.3 Å². The first-order valence-electron chi connectivity index (χ1n) is 6.98. The largest absolute Gasteiger partial charge is 0.507 e. The Bertz CT molecular complexity index is 870. The van der Waals surface area contributed by atoms with Crippen molar-refractivity contribution in [3.8, 4) is 28.0 Å². The summed E-state index contributed by atoms with van der Waals surface area (Å²) in [7, 11) is 0. The van der Waals surface area contributed by atoms with Crippen molar-refractivity contribution in [2.45, 2.75) is 0 Å². The van der Waals surface area contributed by atoms with E-state index in [1.807, 2.05) is 42.5 Å². The van der Waals surface area contributed by atoms with Crippen LogP contribution in [0.1, 0.15) is 10.4 Å². The van der Waals surface area contributed by atoms with E-state index in [1.54, 1.807) is 24.3 Å². The van der Waals surface area contributed by atoms with Gasteiger partial charge in [-0.3, -0.25) is 0 Å². The van der Waals surface area contributed by atoms with Gasteiger partial charge in [0.2, 0.25) is 0 Å². The minimum absolute atomic E-state index is 0.195. The third-order valence-corrected chi connectivity index (χ3v) is 4.27. The summed E-state index contributed by atoms with van der Waals surface area (Å²) in [5.41, 5.74) is 3.78. The van der Waals surface area contributed by atoms with Crippen LogP contribution in [-0.2, 0) is 0 Å². The number of hydrogen-bond donors (Lipinski definition) is 2. The van der Waals surface area contributed by atoms with E-state index in [0.717, 1.165) is 16.7 Å². The van der Waals surface area contributed by atoms with Gasteiger partial charge in [0.15, 0.2) is 0 Å². The van der Waals surface area contributed by atoms with Crippen LogP contribution >= 0.6 is 15.9 Å². The summed E-state index contributed by atoms with van der Waals surface area (Å²) in [6, 6.07) is 19.9. The molecule has 114 valence electrons. The van der Waals surface area contributed by atoms with Gasteiger partial charge in [-0.2, -0.15) is 0 Å². The van der Waals surface area contributed by atoms with Gasteiger partial charge in [0.25, 0.3) is 0 Å². The molecular weight excluding hydrogens is 356 g/mol. The molecule has 3 aromatic rings. The van der Waals surface area contributed by atoms with Gasteiger partial charge >= 0.3 is 5.97 Å². The summed E-state index contributed by atoms with van der Waals surface area (Å²) in [5.74, 6) is -0.743. The molecule has 3 aromatic carbocycles. The van der Waals surface area contributed by atoms with Crippen molar-refractivity contribution < 1.29 is 15.0 Å². The van der Waals surface area contributed by atoms with Crippen LogP contribution in [0.2, 0.25) is 0 Å². The van der Waals surface area contributed by atoms with E-state index in [9.17, 15) is 15.0 Å². The molecule has 2 N–H and O–H groups in total. The minimum atomic E-state index is -0.938. The van der Waals surface area contributed by atoms with Crippen molar-refractivity contribution in [2.75, 3.05) is 0 Å². The first kappa shape index (κ1) is 15.3. The number of rotatable bonds is 3. The molecule has 0 saturated carbocycles. The molecule has 0 amide bonds. The second kappa shape index (κ2) is 6.26. The average Bonchev–Trinajstić information content (AvgIpc) is 2.57. The van der Waals surface area contributed by atoms with Gasteiger partial charge < -0.3 is 10.2 Å². The number of phenols is 1. The van der Waals surface area contributed by atoms with Crippen molar-refractivity contribution in [1.29, 1.82) is 0 Å². The molecule has 3 nitrogen and oxygen atoms in total. The molecule has 0 unspecified atom stereocenters. The van der Waals surface area contributed by atoms with E-state index in [4.69, 9.17) is 0 Å². The predicted octanol–water partition coefficient (Wildman–Crippen LogP) is 5.19. The van der Waals surface area contributed by atoms with Crippen LogP contribution in [0.25, 0.3) is 22.3 Å². The quantitative estimate of drug-likeness (QED) is 0.668. The summed E-state index contributed by atoms with van der Waals surface area (Å²) >= 11 is 3.30. The smallest absolute Gasteiger partial charge is 0.336 e. The Morgan fingerprint density at radius 1 is 0.826 bits per heavy atom. The third-order valence-electron chi connectivity index (χ3n) is 3.63. The molecule has 0 bridgehead atoms. The number of hydrogen-bond acceptors (Lipinski definition) is 2. The predicted molar refractivity (Wildman–Crippen MR) is 93.6 cm³/mol. The fourth-order valence-electron chi connectivity index (χ4n) is 2.45. The molecule has 0 atom stereocenters. The molecule has 0 aliphatic carbocycles. The van der Waals surface area contributed by atoms with Crippen LogP contribution in [0.5, 0.6) is 5.75 Å². The van der Waals surface area contributed by atoms with Crippen LogP contribution < -0.4 is 0 Å². The average molecular weight is 369 g/mol. The number of aromatic carboxylic acids is 1. The highest BCUT2D eigenvalue weighted by Crippen LogP contribution is 2.31. The maximum Gasteiger partial charge on any atom is 0.336 e. The van der Waals surface area contributed by atoms with Crippen molar-refractivity contribution >= 4 is 21.9 Å². The fourth-order valence-corrected chi connectivity index (χ4v) is 2.83. The number of benzene rings is 3. The van der Waals surface area contributed by atoms with E-state index in [0.29, 0.717) is 10.0 Å². The van der Waals surface area contributed by atoms with Crippen LogP contribution in [0.3, 0.4) is 0 Å². The number of carbonyl (C=O) groups is 1. The topological polar surface area (TPSA) is 57.5 Å². The second-order valence-corrected chi connectivity index (χ2v) is 5.95. The van der Waals surface area contributed by atoms with Crippen molar-refractivity contribution in [2.24, 2.45) is 0 Å². The lowest BCUT2D eigenvalue weighted by Crippen LogP contribution is -1.98. The molecule has 0 aliphatic rings. The van der Waals surface area contributed by atoms with Gasteiger partial charge in [0.1, 0.15) is 5.75 Å². The van der Waals surface area contributed by atoms with E-state index in [1.165, 1.54) is 0 Å². The Balaban J connectivity index is 2.00. The second-order valence-electron chi connectivity index (χ2n) is 5.09. The lowest BCUT2D eigenvalue weighted by molar-refractivity contribution is 0.0697. The third kappa shape index (κ3) is 3.12. The van der Waals surface area contributed by atoms with Crippen LogP contribution in [0, 0.1) is 0 Å². The minimum Gasteiger partial charge on any atom is -0.507 e. The normalized spacial score (nSPS) is 10.5. The highest BCUT2D eigenvalue weighted by Gasteiger charge is 2.11. The molecule has 0 heterocycles. The Morgan fingerprint density at radius 2 is 1.43 bits per heavy atom. The maximum atomic E-state index is 11.3. The van der Waals surface area contributed by atoms with Crippen LogP contribution in [0.15, 0.2) is 71.2 Å². The fraction of sp³-hybridized carbons (Fsp3) is 0. The molecule has 0 aliphatic heterocycles. The molecule has 0 spiro atoms. The van der Waals surface area contributed by atoms with Crippen molar-refractivity contribution in [3.05, 3.63) is 76.8 Å². The van der Waals surface area contributed by atoms with E-state index in [2.05, 4.69) is 15.9 Å². The zero-order valence-corrected chi connectivity index (χ0v) is 13.6. The van der Waals surface area contributed by atoms with Gasteiger partial charge in [0, 0.05) is 0 Å². The van der Waals surface area contributed by atoms with Crippen LogP contribution in [0.4, 0.5) is 0 Å². The zero-order chi connectivity index (χ0) is 16.4. The standard InChI is InChI=1S/C19H13BrO3/c20-17-11-14(9-10-18(17)21)12-5-7-13(8-6-12)15-3-1-2-4-16(15)19(22)23/h1-11,21H,(H,22,23). The highest BCUT2D eigenvalue weighted by atomic mass is 79.9. The number of halogens is 1. The van der Waals surface area contributed by atoms with E-state index >= 15 is 0 Å². The van der Waals surface area contributed by atoms with Crippen molar-refractivity contribution in [3.63, 3.8) is 0 Å². The molecular formula is C19H13BrO3. The number of carboxylic acids is 1. The summed E-state index contributed by atoms with van der Waals surface area (Å²) in [4.78, 5) is 11.3. The first-order chi connectivity index (χ1) is 11.1. The van der Waals surface area contributed by atoms with E-state index < -0.39 is 5.97 Å². The molecule has 0 aromatic heterocycles. The molecule has 0 saturated heterocycles. The lowest BCUT2D eigenvalue weighted by Gasteiger charge is -2.08. The van der Waals surface area contributed by atoms with Gasteiger partial charge in [-0.05, 0) is 56.4 Å².